The average Bonchev–Trinajstić information content (AvgIpc) is 3.41. The minimum absolute atomic E-state index is 0.911. The summed E-state index contributed by atoms with van der Waals surface area (Å²) in [5.41, 5.74) is 6.15. The van der Waals surface area contributed by atoms with Gasteiger partial charge in [-0.25, -0.2) is 0 Å². The van der Waals surface area contributed by atoms with Crippen LogP contribution in [0.1, 0.15) is 24.0 Å². The van der Waals surface area contributed by atoms with Crippen LogP contribution in [0.15, 0.2) is 66.2 Å². The summed E-state index contributed by atoms with van der Waals surface area (Å²) in [6.45, 7) is 0. The Balaban J connectivity index is 1.74. The van der Waals surface area contributed by atoms with Gasteiger partial charge in [-0.15, -0.1) is 0 Å². The Hall–Kier alpha value is -1.82. The lowest BCUT2D eigenvalue weighted by Gasteiger charge is -2.15. The van der Waals surface area contributed by atoms with E-state index in [9.17, 15) is 0 Å². The predicted octanol–water partition coefficient (Wildman–Crippen LogP) is 4.77. The lowest BCUT2D eigenvalue weighted by molar-refractivity contribution is 0.709. The Bertz CT molecular complexity index is 621. The molecular weight excluding hydrogens is 240 g/mol. The summed E-state index contributed by atoms with van der Waals surface area (Å²) in [5, 5.41) is 0. The van der Waals surface area contributed by atoms with E-state index in [-0.39, 0.29) is 0 Å². The van der Waals surface area contributed by atoms with Gasteiger partial charge in [-0.05, 0) is 53.2 Å². The molecule has 98 valence electrons. The van der Waals surface area contributed by atoms with Crippen molar-refractivity contribution in [2.24, 2.45) is 23.7 Å². The molecule has 0 aromatic heterocycles. The smallest absolute Gasteiger partial charge is 0.0114 e. The highest BCUT2D eigenvalue weighted by Crippen LogP contribution is 2.73. The molecule has 0 saturated heterocycles. The first-order valence-corrected chi connectivity index (χ1v) is 7.78. The van der Waals surface area contributed by atoms with Gasteiger partial charge in [0.1, 0.15) is 0 Å². The van der Waals surface area contributed by atoms with Crippen molar-refractivity contribution in [3.8, 4) is 0 Å². The molecule has 0 heterocycles. The summed E-state index contributed by atoms with van der Waals surface area (Å²) < 4.78 is 0. The first kappa shape index (κ1) is 10.9. The van der Waals surface area contributed by atoms with Gasteiger partial charge >= 0.3 is 0 Å². The lowest BCUT2D eigenvalue weighted by atomic mass is 9.89. The molecule has 20 heavy (non-hydrogen) atoms. The fourth-order valence-corrected chi connectivity index (χ4v) is 4.45. The minimum atomic E-state index is 0.911. The highest BCUT2D eigenvalue weighted by molar-refractivity contribution is 5.84. The number of hydrogen-bond acceptors (Lipinski definition) is 0. The van der Waals surface area contributed by atoms with E-state index >= 15 is 0 Å². The highest BCUT2D eigenvalue weighted by Gasteiger charge is 2.65. The van der Waals surface area contributed by atoms with Crippen molar-refractivity contribution in [3.05, 3.63) is 77.4 Å². The van der Waals surface area contributed by atoms with E-state index in [4.69, 9.17) is 0 Å². The molecule has 0 N–H and O–H groups in total. The molecule has 3 saturated carbocycles. The monoisotopic (exact) mass is 258 g/mol. The van der Waals surface area contributed by atoms with Crippen LogP contribution >= 0.6 is 0 Å². The highest BCUT2D eigenvalue weighted by atomic mass is 14.7. The fourth-order valence-electron chi connectivity index (χ4n) is 4.45. The second-order valence-electron chi connectivity index (χ2n) is 6.57. The molecule has 0 bridgehead atoms. The molecule has 2 aromatic carbocycles. The van der Waals surface area contributed by atoms with Crippen LogP contribution in [0.4, 0.5) is 0 Å². The zero-order valence-corrected chi connectivity index (χ0v) is 11.5. The van der Waals surface area contributed by atoms with Crippen LogP contribution in [-0.2, 0) is 0 Å². The van der Waals surface area contributed by atoms with E-state index in [0.29, 0.717) is 0 Å². The van der Waals surface area contributed by atoms with Crippen molar-refractivity contribution >= 4 is 5.57 Å². The number of allylic oxidation sites excluding steroid dienone is 1. The lowest BCUT2D eigenvalue weighted by Crippen LogP contribution is -1.97. The van der Waals surface area contributed by atoms with E-state index in [2.05, 4.69) is 60.7 Å². The maximum absolute atomic E-state index is 2.28. The summed E-state index contributed by atoms with van der Waals surface area (Å²) >= 11 is 0. The van der Waals surface area contributed by atoms with Crippen molar-refractivity contribution in [3.63, 3.8) is 0 Å². The topological polar surface area (TPSA) is 0 Å². The van der Waals surface area contributed by atoms with Crippen LogP contribution in [0.5, 0.6) is 0 Å². The number of hydrogen-bond donors (Lipinski definition) is 0. The number of fused-ring (bicyclic) bond motifs is 3. The maximum Gasteiger partial charge on any atom is -0.0114 e. The zero-order chi connectivity index (χ0) is 13.1. The minimum Gasteiger partial charge on any atom is -0.0622 e. The molecule has 0 amide bonds. The first-order chi connectivity index (χ1) is 9.93. The standard InChI is InChI=1S/C20H18/c1-3-7-13(8-4-1)19(14-9-5-2-6-10-14)20-17-11-15(17)16-12-18(16)20/h1-10,15-18H,11-12H2. The van der Waals surface area contributed by atoms with Crippen LogP contribution in [0.2, 0.25) is 0 Å². The van der Waals surface area contributed by atoms with Gasteiger partial charge in [0.2, 0.25) is 0 Å². The first-order valence-electron chi connectivity index (χ1n) is 7.78. The summed E-state index contributed by atoms with van der Waals surface area (Å²) in [5.74, 6) is 3.90. The maximum atomic E-state index is 2.28. The molecule has 4 unspecified atom stereocenters. The van der Waals surface area contributed by atoms with Gasteiger partial charge in [0.15, 0.2) is 0 Å². The molecule has 0 radical (unpaired) electrons. The quantitative estimate of drug-likeness (QED) is 0.727. The Kier molecular flexibility index (Phi) is 2.10. The summed E-state index contributed by atoms with van der Waals surface area (Å²) in [6, 6.07) is 22.0. The van der Waals surface area contributed by atoms with Crippen molar-refractivity contribution in [1.82, 2.24) is 0 Å². The summed E-state index contributed by atoms with van der Waals surface area (Å²) in [7, 11) is 0. The van der Waals surface area contributed by atoms with Gasteiger partial charge in [-0.1, -0.05) is 66.2 Å². The van der Waals surface area contributed by atoms with Gasteiger partial charge in [0.25, 0.3) is 0 Å². The van der Waals surface area contributed by atoms with Crippen molar-refractivity contribution in [1.29, 1.82) is 0 Å². The Labute approximate surface area is 120 Å². The molecule has 0 heteroatoms. The van der Waals surface area contributed by atoms with E-state index in [0.717, 1.165) is 23.7 Å². The van der Waals surface area contributed by atoms with Gasteiger partial charge in [-0.3, -0.25) is 0 Å². The van der Waals surface area contributed by atoms with Crippen LogP contribution < -0.4 is 0 Å². The fraction of sp³-hybridized carbons (Fsp3) is 0.300. The molecule has 3 aliphatic carbocycles. The number of rotatable bonds is 2. The third-order valence-corrected chi connectivity index (χ3v) is 5.44. The molecule has 5 rings (SSSR count). The Morgan fingerprint density at radius 2 is 1.10 bits per heavy atom. The molecule has 0 nitrogen and oxygen atoms in total. The zero-order valence-electron chi connectivity index (χ0n) is 11.5. The van der Waals surface area contributed by atoms with Gasteiger partial charge < -0.3 is 0 Å². The molecular formula is C20H18. The Morgan fingerprint density at radius 3 is 1.55 bits per heavy atom. The number of benzene rings is 2. The van der Waals surface area contributed by atoms with Gasteiger partial charge in [-0.2, -0.15) is 0 Å². The predicted molar refractivity (Wildman–Crippen MR) is 82.1 cm³/mol. The normalized spacial score (nSPS) is 32.5. The van der Waals surface area contributed by atoms with Gasteiger partial charge in [0.05, 0.1) is 0 Å². The molecule has 3 aliphatic rings. The summed E-state index contributed by atoms with van der Waals surface area (Å²) in [4.78, 5) is 0. The van der Waals surface area contributed by atoms with Crippen molar-refractivity contribution < 1.29 is 0 Å². The average molecular weight is 258 g/mol. The second-order valence-corrected chi connectivity index (χ2v) is 6.57. The molecule has 2 aromatic rings. The van der Waals surface area contributed by atoms with Crippen LogP contribution in [0.25, 0.3) is 5.57 Å². The van der Waals surface area contributed by atoms with E-state index in [1.807, 2.05) is 0 Å². The van der Waals surface area contributed by atoms with Crippen LogP contribution in [0, 0.1) is 23.7 Å². The summed E-state index contributed by atoms with van der Waals surface area (Å²) in [6.07, 6.45) is 2.92. The van der Waals surface area contributed by atoms with Gasteiger partial charge in [0, 0.05) is 0 Å². The van der Waals surface area contributed by atoms with Crippen molar-refractivity contribution in [2.45, 2.75) is 12.8 Å². The molecule has 3 fully saturated rings. The molecule has 0 aliphatic heterocycles. The third-order valence-electron chi connectivity index (χ3n) is 5.44. The van der Waals surface area contributed by atoms with E-state index in [1.54, 1.807) is 11.1 Å². The second kappa shape index (κ2) is 3.85. The SMILES string of the molecule is c1ccc(C(=C2C3CC3C3CC23)c2ccccc2)cc1. The van der Waals surface area contributed by atoms with Crippen LogP contribution in [0.3, 0.4) is 0 Å². The van der Waals surface area contributed by atoms with E-state index in [1.165, 1.54) is 24.0 Å². The Morgan fingerprint density at radius 1 is 0.650 bits per heavy atom. The molecule has 4 atom stereocenters. The largest absolute Gasteiger partial charge is 0.0622 e. The van der Waals surface area contributed by atoms with Crippen molar-refractivity contribution in [2.75, 3.05) is 0 Å². The molecule has 0 spiro atoms. The van der Waals surface area contributed by atoms with E-state index < -0.39 is 0 Å². The third kappa shape index (κ3) is 1.48. The van der Waals surface area contributed by atoms with Crippen LogP contribution in [-0.4, -0.2) is 0 Å².